The Bertz CT molecular complexity index is 1440. The number of hydrogen-bond acceptors (Lipinski definition) is 8. The SMILES string of the molecule is Cc1csc(CN(C)C(=O)c2cccc(-c3nnc(C(C)(Cc4ccccc4)NC(=O)OC(C)(C)C)o3)c2)n1. The minimum Gasteiger partial charge on any atom is -0.444 e. The van der Waals surface area contributed by atoms with Crippen molar-refractivity contribution < 1.29 is 18.7 Å². The lowest BCUT2D eigenvalue weighted by Crippen LogP contribution is -2.47. The van der Waals surface area contributed by atoms with Crippen molar-refractivity contribution in [3.8, 4) is 11.5 Å². The topological polar surface area (TPSA) is 110 Å². The molecule has 39 heavy (non-hydrogen) atoms. The van der Waals surface area contributed by atoms with Crippen LogP contribution in [0.25, 0.3) is 11.5 Å². The molecule has 0 bridgehead atoms. The van der Waals surface area contributed by atoms with E-state index in [2.05, 4.69) is 20.5 Å². The Morgan fingerprint density at radius 1 is 1.05 bits per heavy atom. The van der Waals surface area contributed by atoms with Gasteiger partial charge in [0, 0.05) is 35.7 Å². The molecule has 0 fully saturated rings. The van der Waals surface area contributed by atoms with Crippen LogP contribution in [-0.4, -0.2) is 44.7 Å². The van der Waals surface area contributed by atoms with E-state index >= 15 is 0 Å². The lowest BCUT2D eigenvalue weighted by Gasteiger charge is -2.29. The Morgan fingerprint density at radius 3 is 2.46 bits per heavy atom. The summed E-state index contributed by atoms with van der Waals surface area (Å²) in [7, 11) is 1.74. The van der Waals surface area contributed by atoms with Gasteiger partial charge >= 0.3 is 6.09 Å². The Hall–Kier alpha value is -4.05. The Morgan fingerprint density at radius 2 is 1.79 bits per heavy atom. The molecule has 0 aliphatic carbocycles. The summed E-state index contributed by atoms with van der Waals surface area (Å²) in [4.78, 5) is 31.9. The van der Waals surface area contributed by atoms with Crippen LogP contribution in [0.15, 0.2) is 64.4 Å². The fourth-order valence-corrected chi connectivity index (χ4v) is 4.85. The maximum absolute atomic E-state index is 13.1. The summed E-state index contributed by atoms with van der Waals surface area (Å²) >= 11 is 1.53. The lowest BCUT2D eigenvalue weighted by molar-refractivity contribution is 0.0443. The van der Waals surface area contributed by atoms with Crippen LogP contribution in [0.3, 0.4) is 0 Å². The molecule has 0 spiro atoms. The zero-order valence-electron chi connectivity index (χ0n) is 23.0. The van der Waals surface area contributed by atoms with Crippen LogP contribution < -0.4 is 5.32 Å². The van der Waals surface area contributed by atoms with Gasteiger partial charge in [-0.25, -0.2) is 9.78 Å². The molecule has 0 aliphatic heterocycles. The molecule has 0 aliphatic rings. The summed E-state index contributed by atoms with van der Waals surface area (Å²) < 4.78 is 11.6. The van der Waals surface area contributed by atoms with E-state index in [-0.39, 0.29) is 17.7 Å². The molecule has 1 unspecified atom stereocenters. The molecule has 2 heterocycles. The van der Waals surface area contributed by atoms with Gasteiger partial charge in [0.25, 0.3) is 5.91 Å². The summed E-state index contributed by atoms with van der Waals surface area (Å²) in [6.07, 6.45) is -0.194. The van der Waals surface area contributed by atoms with E-state index < -0.39 is 17.2 Å². The maximum Gasteiger partial charge on any atom is 0.408 e. The normalized spacial score (nSPS) is 13.0. The van der Waals surface area contributed by atoms with Crippen molar-refractivity contribution in [3.05, 3.63) is 87.7 Å². The molecular weight excluding hydrogens is 514 g/mol. The summed E-state index contributed by atoms with van der Waals surface area (Å²) in [5.41, 5.74) is 1.27. The van der Waals surface area contributed by atoms with Crippen molar-refractivity contribution in [2.75, 3.05) is 7.05 Å². The molecule has 2 aromatic carbocycles. The third-order valence-corrected chi connectivity index (χ3v) is 6.77. The van der Waals surface area contributed by atoms with Gasteiger partial charge in [-0.1, -0.05) is 36.4 Å². The van der Waals surface area contributed by atoms with E-state index in [0.29, 0.717) is 24.1 Å². The Kier molecular flexibility index (Phi) is 8.15. The standard InChI is InChI=1S/C29H33N5O4S/c1-19-18-39-23(30-19)17-34(6)25(35)22-14-10-13-21(15-22)24-32-33-26(37-24)29(5,16-20-11-8-7-9-12-20)31-27(36)38-28(2,3)4/h7-15,18H,16-17H2,1-6H3,(H,31,36). The Labute approximate surface area is 232 Å². The molecule has 1 N–H and O–H groups in total. The van der Waals surface area contributed by atoms with E-state index in [1.807, 2.05) is 49.6 Å². The number of nitrogens with one attached hydrogen (secondary N) is 1. The van der Waals surface area contributed by atoms with Gasteiger partial charge in [0.1, 0.15) is 16.1 Å². The quantitative estimate of drug-likeness (QED) is 0.299. The number of carbonyl (C=O) groups is 2. The molecule has 0 saturated heterocycles. The summed E-state index contributed by atoms with van der Waals surface area (Å²) in [5, 5.41) is 14.3. The molecule has 1 atom stereocenters. The van der Waals surface area contributed by atoms with Gasteiger partial charge in [0.15, 0.2) is 0 Å². The van der Waals surface area contributed by atoms with Crippen LogP contribution in [0, 0.1) is 6.92 Å². The van der Waals surface area contributed by atoms with Crippen LogP contribution in [0.5, 0.6) is 0 Å². The zero-order valence-corrected chi connectivity index (χ0v) is 23.8. The maximum atomic E-state index is 13.1. The van der Waals surface area contributed by atoms with Crippen molar-refractivity contribution in [1.29, 1.82) is 0 Å². The molecule has 4 aromatic rings. The van der Waals surface area contributed by atoms with Crippen LogP contribution >= 0.6 is 11.3 Å². The third-order valence-electron chi connectivity index (χ3n) is 5.82. The molecule has 4 rings (SSSR count). The molecule has 9 nitrogen and oxygen atoms in total. The van der Waals surface area contributed by atoms with Crippen molar-refractivity contribution in [2.24, 2.45) is 0 Å². The summed E-state index contributed by atoms with van der Waals surface area (Å²) in [5.74, 6) is 0.313. The number of rotatable bonds is 8. The van der Waals surface area contributed by atoms with Gasteiger partial charge in [-0.15, -0.1) is 21.5 Å². The second-order valence-electron chi connectivity index (χ2n) is 10.7. The third kappa shape index (κ3) is 7.29. The first-order chi connectivity index (χ1) is 18.4. The number of carbonyl (C=O) groups excluding carboxylic acids is 2. The van der Waals surface area contributed by atoms with E-state index in [4.69, 9.17) is 9.15 Å². The van der Waals surface area contributed by atoms with E-state index in [1.54, 1.807) is 57.0 Å². The molecule has 204 valence electrons. The van der Waals surface area contributed by atoms with Crippen molar-refractivity contribution in [2.45, 2.75) is 58.7 Å². The first kappa shape index (κ1) is 28.0. The molecule has 0 radical (unpaired) electrons. The highest BCUT2D eigenvalue weighted by molar-refractivity contribution is 7.09. The van der Waals surface area contributed by atoms with E-state index in [1.165, 1.54) is 11.3 Å². The average Bonchev–Trinajstić information content (AvgIpc) is 3.53. The van der Waals surface area contributed by atoms with E-state index in [9.17, 15) is 9.59 Å². The van der Waals surface area contributed by atoms with Gasteiger partial charge in [0.05, 0.1) is 6.54 Å². The number of hydrogen-bond donors (Lipinski definition) is 1. The molecular formula is C29H33N5O4S. The van der Waals surface area contributed by atoms with Gasteiger partial charge < -0.3 is 19.4 Å². The van der Waals surface area contributed by atoms with Crippen LogP contribution in [0.2, 0.25) is 0 Å². The predicted molar refractivity (Wildman–Crippen MR) is 149 cm³/mol. The predicted octanol–water partition coefficient (Wildman–Crippen LogP) is 5.76. The average molecular weight is 548 g/mol. The highest BCUT2D eigenvalue weighted by Crippen LogP contribution is 2.29. The van der Waals surface area contributed by atoms with Gasteiger partial charge in [-0.3, -0.25) is 4.79 Å². The van der Waals surface area contributed by atoms with Crippen LogP contribution in [0.1, 0.15) is 60.2 Å². The molecule has 0 saturated carbocycles. The highest BCUT2D eigenvalue weighted by Gasteiger charge is 2.36. The van der Waals surface area contributed by atoms with Crippen molar-refractivity contribution >= 4 is 23.3 Å². The minimum atomic E-state index is -1.05. The number of thiazole rings is 1. The number of amides is 2. The van der Waals surface area contributed by atoms with Crippen LogP contribution in [-0.2, 0) is 23.2 Å². The zero-order chi connectivity index (χ0) is 28.2. The van der Waals surface area contributed by atoms with Crippen molar-refractivity contribution in [1.82, 2.24) is 25.4 Å². The highest BCUT2D eigenvalue weighted by atomic mass is 32.1. The van der Waals surface area contributed by atoms with E-state index in [0.717, 1.165) is 16.3 Å². The fourth-order valence-electron chi connectivity index (χ4n) is 4.02. The van der Waals surface area contributed by atoms with Gasteiger partial charge in [-0.2, -0.15) is 0 Å². The van der Waals surface area contributed by atoms with Crippen LogP contribution in [0.4, 0.5) is 4.79 Å². The van der Waals surface area contributed by atoms with Gasteiger partial charge in [0.2, 0.25) is 11.8 Å². The first-order valence-corrected chi connectivity index (χ1v) is 13.5. The lowest BCUT2D eigenvalue weighted by atomic mass is 9.92. The smallest absolute Gasteiger partial charge is 0.408 e. The number of benzene rings is 2. The first-order valence-electron chi connectivity index (χ1n) is 12.6. The monoisotopic (exact) mass is 547 g/mol. The van der Waals surface area contributed by atoms with Crippen molar-refractivity contribution in [3.63, 3.8) is 0 Å². The number of aryl methyl sites for hydroxylation is 1. The Balaban J connectivity index is 1.58. The second kappa shape index (κ2) is 11.4. The fraction of sp³-hybridized carbons (Fsp3) is 0.345. The van der Waals surface area contributed by atoms with Gasteiger partial charge in [-0.05, 0) is 58.4 Å². The second-order valence-corrected chi connectivity index (χ2v) is 11.6. The summed E-state index contributed by atoms with van der Waals surface area (Å²) in [6, 6.07) is 16.8. The molecule has 2 aromatic heterocycles. The number of alkyl carbamates (subject to hydrolysis) is 1. The number of aromatic nitrogens is 3. The minimum absolute atomic E-state index is 0.148. The number of ether oxygens (including phenoxy) is 1. The molecule has 2 amide bonds. The largest absolute Gasteiger partial charge is 0.444 e. The molecule has 10 heteroatoms. The summed E-state index contributed by atoms with van der Waals surface area (Å²) in [6.45, 7) is 9.57. The number of nitrogens with zero attached hydrogens (tertiary/aromatic N) is 4.